The van der Waals surface area contributed by atoms with Crippen molar-refractivity contribution >= 4 is 5.91 Å². The van der Waals surface area contributed by atoms with Crippen LogP contribution >= 0.6 is 0 Å². The van der Waals surface area contributed by atoms with Gasteiger partial charge in [-0.3, -0.25) is 9.48 Å². The normalized spacial score (nSPS) is 12.1. The number of carbonyl (C=O) groups excluding carboxylic acids is 1. The van der Waals surface area contributed by atoms with E-state index in [2.05, 4.69) is 22.7 Å². The van der Waals surface area contributed by atoms with Gasteiger partial charge >= 0.3 is 0 Å². The van der Waals surface area contributed by atoms with E-state index in [1.807, 2.05) is 55.3 Å². The van der Waals surface area contributed by atoms with Crippen LogP contribution in [0.2, 0.25) is 0 Å². The van der Waals surface area contributed by atoms with Gasteiger partial charge in [0, 0.05) is 27.7 Å². The predicted molar refractivity (Wildman–Crippen MR) is 131 cm³/mol. The predicted octanol–water partition coefficient (Wildman–Crippen LogP) is 2.31. The molecule has 2 N–H and O–H groups in total. The first-order valence-corrected chi connectivity index (χ1v) is 11.5. The van der Waals surface area contributed by atoms with Crippen LogP contribution in [0.25, 0.3) is 0 Å². The first-order valence-electron chi connectivity index (χ1n) is 11.5. The van der Waals surface area contributed by atoms with E-state index in [0.717, 1.165) is 17.7 Å². The molecule has 0 aliphatic carbocycles. The topological polar surface area (TPSA) is 95.9 Å². The zero-order chi connectivity index (χ0) is 23.7. The Kier molecular flexibility index (Phi) is 13.3. The highest BCUT2D eigenvalue weighted by atomic mass is 16.6. The Labute approximate surface area is 199 Å². The van der Waals surface area contributed by atoms with E-state index < -0.39 is 0 Å². The van der Waals surface area contributed by atoms with Crippen molar-refractivity contribution < 1.29 is 26.6 Å². The first kappa shape index (κ1) is 26.9. The van der Waals surface area contributed by atoms with E-state index in [4.69, 9.17) is 18.9 Å². The van der Waals surface area contributed by atoms with Gasteiger partial charge in [-0.25, -0.2) is 0 Å². The van der Waals surface area contributed by atoms with Crippen LogP contribution in [0.15, 0.2) is 36.7 Å². The zero-order valence-electron chi connectivity index (χ0n) is 20.0. The van der Waals surface area contributed by atoms with Gasteiger partial charge in [0.25, 0.3) is 5.91 Å². The summed E-state index contributed by atoms with van der Waals surface area (Å²) in [5.74, 6) is -0.115. The fourth-order valence-electron chi connectivity index (χ4n) is 2.99. The molecule has 2 rings (SSSR count). The van der Waals surface area contributed by atoms with Crippen LogP contribution in [0.4, 0.5) is 0 Å². The highest BCUT2D eigenvalue weighted by Crippen LogP contribution is 2.18. The number of carbonyl (C=O) groups is 1. The van der Waals surface area contributed by atoms with Crippen LogP contribution in [0.5, 0.6) is 0 Å². The molecule has 1 atom stereocenters. The number of nitrogens with zero attached hydrogens (tertiary/aromatic N) is 2. The highest BCUT2D eigenvalue weighted by Gasteiger charge is 2.10. The number of aromatic nitrogens is 2. The van der Waals surface area contributed by atoms with Gasteiger partial charge in [0.15, 0.2) is 0 Å². The number of hydrogen-bond donors (Lipinski definition) is 2. The summed E-state index contributed by atoms with van der Waals surface area (Å²) in [5, 5.41) is 10.2. The van der Waals surface area contributed by atoms with Gasteiger partial charge in [-0.05, 0) is 44.2 Å². The molecule has 188 valence electrons. The van der Waals surface area contributed by atoms with Crippen molar-refractivity contribution in [3.63, 3.8) is 0 Å². The van der Waals surface area contributed by atoms with E-state index in [1.165, 1.54) is 0 Å². The van der Waals surface area contributed by atoms with Gasteiger partial charge in [-0.1, -0.05) is 12.1 Å². The Bertz CT molecular complexity index is 792. The van der Waals surface area contributed by atoms with E-state index in [9.17, 15) is 4.79 Å². The lowest BCUT2D eigenvalue weighted by Crippen LogP contribution is -2.27. The minimum atomic E-state index is -0.115. The van der Waals surface area contributed by atoms with E-state index in [-0.39, 0.29) is 14.8 Å². The Morgan fingerprint density at radius 2 is 1.48 bits per heavy atom. The average Bonchev–Trinajstić information content (AvgIpc) is 3.27. The number of likely N-dealkylation sites (N-methyl/N-ethyl adjacent to an activating group) is 1. The summed E-state index contributed by atoms with van der Waals surface area (Å²) in [4.78, 5) is 12.3. The van der Waals surface area contributed by atoms with Crippen molar-refractivity contribution in [3.8, 4) is 0 Å². The number of rotatable bonds is 18. The molecule has 9 nitrogen and oxygen atoms in total. The summed E-state index contributed by atoms with van der Waals surface area (Å²) in [7, 11) is 1.89. The van der Waals surface area contributed by atoms with Crippen molar-refractivity contribution in [3.05, 3.63) is 53.3 Å². The molecular weight excluding hydrogens is 424 g/mol. The van der Waals surface area contributed by atoms with E-state index >= 15 is 0 Å². The highest BCUT2D eigenvalue weighted by molar-refractivity contribution is 5.94. The van der Waals surface area contributed by atoms with Crippen LogP contribution in [-0.4, -0.2) is 88.7 Å². The smallest absolute Gasteiger partial charge is 0.251 e. The maximum absolute atomic E-state index is 12.3. The SMILES string of the molecule is CNCCOCCOCCOCCOCCNC(=O)c1ccc(C(C)n2cc(C)cn2)cc1.[HH].[HH]. The summed E-state index contributed by atoms with van der Waals surface area (Å²) in [6.45, 7) is 9.67. The van der Waals surface area contributed by atoms with Gasteiger partial charge in [0.2, 0.25) is 0 Å². The fraction of sp³-hybridized carbons (Fsp3) is 0.583. The number of amides is 1. The summed E-state index contributed by atoms with van der Waals surface area (Å²) < 4.78 is 23.6. The summed E-state index contributed by atoms with van der Waals surface area (Å²) in [6, 6.07) is 7.71. The maximum Gasteiger partial charge on any atom is 0.251 e. The van der Waals surface area contributed by atoms with Crippen LogP contribution in [0.1, 0.15) is 37.3 Å². The van der Waals surface area contributed by atoms with Crippen LogP contribution in [0.3, 0.4) is 0 Å². The lowest BCUT2D eigenvalue weighted by atomic mass is 10.1. The number of hydrogen-bond acceptors (Lipinski definition) is 7. The van der Waals surface area contributed by atoms with Crippen LogP contribution in [0, 0.1) is 6.92 Å². The largest absolute Gasteiger partial charge is 0.378 e. The third-order valence-corrected chi connectivity index (χ3v) is 4.93. The van der Waals surface area contributed by atoms with Crippen molar-refractivity contribution in [1.29, 1.82) is 0 Å². The molecule has 9 heteroatoms. The molecule has 0 radical (unpaired) electrons. The summed E-state index contributed by atoms with van der Waals surface area (Å²) in [6.07, 6.45) is 3.85. The Morgan fingerprint density at radius 1 is 0.939 bits per heavy atom. The van der Waals surface area contributed by atoms with E-state index in [0.29, 0.717) is 65.0 Å². The van der Waals surface area contributed by atoms with Crippen molar-refractivity contribution in [2.24, 2.45) is 0 Å². The molecule has 0 spiro atoms. The van der Waals surface area contributed by atoms with Gasteiger partial charge in [0.05, 0.1) is 65.1 Å². The lowest BCUT2D eigenvalue weighted by Gasteiger charge is -2.13. The van der Waals surface area contributed by atoms with Crippen molar-refractivity contribution in [2.45, 2.75) is 19.9 Å². The van der Waals surface area contributed by atoms with Crippen molar-refractivity contribution in [1.82, 2.24) is 20.4 Å². The number of nitrogens with one attached hydrogen (secondary N) is 2. The average molecular weight is 467 g/mol. The molecule has 0 saturated heterocycles. The maximum atomic E-state index is 12.3. The molecule has 1 heterocycles. The van der Waals surface area contributed by atoms with Gasteiger partial charge in [-0.2, -0.15) is 5.10 Å². The van der Waals surface area contributed by atoms with E-state index in [1.54, 1.807) is 0 Å². The molecule has 1 unspecified atom stereocenters. The summed E-state index contributed by atoms with van der Waals surface area (Å²) >= 11 is 0. The van der Waals surface area contributed by atoms with Gasteiger partial charge in [0.1, 0.15) is 0 Å². The van der Waals surface area contributed by atoms with Gasteiger partial charge in [-0.15, -0.1) is 0 Å². The second-order valence-electron chi connectivity index (χ2n) is 7.60. The standard InChI is InChI=1S/C24H38N4O5.2H2/c1-20-18-27-28(19-20)21(2)22-4-6-23(7-5-22)24(29)26-9-11-31-13-15-33-17-16-32-14-12-30-10-8-25-3;;/h4-7,18-19,21,25H,8-17H2,1-3H3,(H,26,29);2*1H. The molecule has 0 fully saturated rings. The molecule has 0 bridgehead atoms. The molecule has 1 aromatic heterocycles. The molecule has 0 aliphatic heterocycles. The summed E-state index contributed by atoms with van der Waals surface area (Å²) in [5.41, 5.74) is 2.84. The zero-order valence-corrected chi connectivity index (χ0v) is 20.0. The van der Waals surface area contributed by atoms with Crippen LogP contribution < -0.4 is 10.6 Å². The molecule has 0 aliphatic rings. The third-order valence-electron chi connectivity index (χ3n) is 4.93. The molecule has 33 heavy (non-hydrogen) atoms. The Hall–Kier alpha value is -2.30. The second-order valence-corrected chi connectivity index (χ2v) is 7.60. The molecule has 0 saturated carbocycles. The molecular formula is C24H42N4O5. The fourth-order valence-corrected chi connectivity index (χ4v) is 2.99. The van der Waals surface area contributed by atoms with Gasteiger partial charge < -0.3 is 29.6 Å². The number of benzene rings is 1. The Balaban J connectivity index is 0.00000578. The lowest BCUT2D eigenvalue weighted by molar-refractivity contribution is -0.000942. The molecule has 2 aromatic rings. The van der Waals surface area contributed by atoms with Crippen molar-refractivity contribution in [2.75, 3.05) is 73.0 Å². The molecule has 1 aromatic carbocycles. The quantitative estimate of drug-likeness (QED) is 0.326. The minimum absolute atomic E-state index is 0. The Morgan fingerprint density at radius 3 is 2.00 bits per heavy atom. The van der Waals surface area contributed by atoms with Crippen LogP contribution in [-0.2, 0) is 18.9 Å². The third kappa shape index (κ3) is 10.9. The first-order chi connectivity index (χ1) is 16.1. The monoisotopic (exact) mass is 466 g/mol. The number of aryl methyl sites for hydroxylation is 1. The second kappa shape index (κ2) is 16.3. The number of ether oxygens (including phenoxy) is 4. The molecule has 1 amide bonds. The minimum Gasteiger partial charge on any atom is -0.378 e.